The van der Waals surface area contributed by atoms with Gasteiger partial charge in [-0.05, 0) is 31.6 Å². The summed E-state index contributed by atoms with van der Waals surface area (Å²) in [5, 5.41) is 0. The van der Waals surface area contributed by atoms with Crippen molar-refractivity contribution in [2.45, 2.75) is 12.5 Å². The molecule has 2 N–H and O–H groups in total. The van der Waals surface area contributed by atoms with Crippen molar-refractivity contribution in [3.63, 3.8) is 0 Å². The molecule has 0 aliphatic carbocycles. The molecule has 4 heteroatoms. The topological polar surface area (TPSA) is 47.7 Å². The van der Waals surface area contributed by atoms with Gasteiger partial charge in [0.1, 0.15) is 18.5 Å². The lowest BCUT2D eigenvalue weighted by atomic mass is 10.1. The third kappa shape index (κ3) is 3.70. The van der Waals surface area contributed by atoms with Crippen LogP contribution < -0.4 is 10.5 Å². The molecule has 1 unspecified atom stereocenters. The molecule has 2 rings (SSSR count). The molecule has 0 amide bonds. The van der Waals surface area contributed by atoms with E-state index < -0.39 is 0 Å². The SMILES string of the molecule is CN1CCOC(COc2ccccc2CCN)C1. The quantitative estimate of drug-likeness (QED) is 0.843. The molecule has 1 aromatic carbocycles. The maximum Gasteiger partial charge on any atom is 0.122 e. The fourth-order valence-corrected chi connectivity index (χ4v) is 2.16. The minimum absolute atomic E-state index is 0.162. The molecule has 1 atom stereocenters. The molecule has 1 heterocycles. The van der Waals surface area contributed by atoms with Crippen molar-refractivity contribution >= 4 is 0 Å². The number of nitrogens with two attached hydrogens (primary N) is 1. The standard InChI is InChI=1S/C14H22N2O2/c1-16-8-9-17-13(10-16)11-18-14-5-3-2-4-12(14)6-7-15/h2-5,13H,6-11,15H2,1H3. The van der Waals surface area contributed by atoms with E-state index in [-0.39, 0.29) is 6.10 Å². The van der Waals surface area contributed by atoms with Crippen molar-refractivity contribution in [3.8, 4) is 5.75 Å². The Kier molecular flexibility index (Phi) is 4.99. The van der Waals surface area contributed by atoms with E-state index in [1.807, 2.05) is 18.2 Å². The second kappa shape index (κ2) is 6.73. The number of hydrogen-bond donors (Lipinski definition) is 1. The molecular formula is C14H22N2O2. The summed E-state index contributed by atoms with van der Waals surface area (Å²) in [7, 11) is 2.11. The zero-order valence-electron chi connectivity index (χ0n) is 11.0. The van der Waals surface area contributed by atoms with Crippen LogP contribution in [0.1, 0.15) is 5.56 Å². The largest absolute Gasteiger partial charge is 0.491 e. The Balaban J connectivity index is 1.89. The Morgan fingerprint density at radius 1 is 1.44 bits per heavy atom. The number of nitrogens with zero attached hydrogens (tertiary/aromatic N) is 1. The average Bonchev–Trinajstić information content (AvgIpc) is 2.38. The first-order valence-electron chi connectivity index (χ1n) is 6.50. The van der Waals surface area contributed by atoms with Gasteiger partial charge in [0.15, 0.2) is 0 Å². The van der Waals surface area contributed by atoms with Gasteiger partial charge in [-0.1, -0.05) is 18.2 Å². The highest BCUT2D eigenvalue weighted by Crippen LogP contribution is 2.19. The average molecular weight is 250 g/mol. The van der Waals surface area contributed by atoms with E-state index in [1.54, 1.807) is 0 Å². The molecule has 1 aromatic rings. The molecular weight excluding hydrogens is 228 g/mol. The van der Waals surface area contributed by atoms with Crippen LogP contribution in [-0.4, -0.2) is 50.9 Å². The Labute approximate surface area is 109 Å². The van der Waals surface area contributed by atoms with Gasteiger partial charge in [-0.2, -0.15) is 0 Å². The second-order valence-electron chi connectivity index (χ2n) is 4.71. The maximum absolute atomic E-state index is 5.87. The van der Waals surface area contributed by atoms with Crippen LogP contribution in [0.3, 0.4) is 0 Å². The van der Waals surface area contributed by atoms with Crippen molar-refractivity contribution in [3.05, 3.63) is 29.8 Å². The highest BCUT2D eigenvalue weighted by Gasteiger charge is 2.18. The molecule has 18 heavy (non-hydrogen) atoms. The van der Waals surface area contributed by atoms with E-state index in [2.05, 4.69) is 18.0 Å². The number of rotatable bonds is 5. The molecule has 0 aromatic heterocycles. The Hall–Kier alpha value is -1.10. The van der Waals surface area contributed by atoms with Crippen LogP contribution in [0.2, 0.25) is 0 Å². The monoisotopic (exact) mass is 250 g/mol. The summed E-state index contributed by atoms with van der Waals surface area (Å²) in [6.45, 7) is 3.96. The van der Waals surface area contributed by atoms with Crippen LogP contribution >= 0.6 is 0 Å². The summed E-state index contributed by atoms with van der Waals surface area (Å²) in [6.07, 6.45) is 1.01. The van der Waals surface area contributed by atoms with E-state index >= 15 is 0 Å². The molecule has 1 fully saturated rings. The first-order chi connectivity index (χ1) is 8.79. The fourth-order valence-electron chi connectivity index (χ4n) is 2.16. The van der Waals surface area contributed by atoms with Gasteiger partial charge in [0.2, 0.25) is 0 Å². The summed E-state index contributed by atoms with van der Waals surface area (Å²) in [4.78, 5) is 2.27. The van der Waals surface area contributed by atoms with Crippen molar-refractivity contribution in [2.75, 3.05) is 39.9 Å². The van der Waals surface area contributed by atoms with E-state index in [4.69, 9.17) is 15.2 Å². The molecule has 0 radical (unpaired) electrons. The van der Waals surface area contributed by atoms with Gasteiger partial charge in [-0.25, -0.2) is 0 Å². The Bertz CT molecular complexity index is 371. The van der Waals surface area contributed by atoms with Crippen LogP contribution in [-0.2, 0) is 11.2 Å². The van der Waals surface area contributed by atoms with Gasteiger partial charge in [-0.3, -0.25) is 0 Å². The van der Waals surface area contributed by atoms with Gasteiger partial charge in [0.05, 0.1) is 6.61 Å². The van der Waals surface area contributed by atoms with Crippen LogP contribution in [0.25, 0.3) is 0 Å². The summed E-state index contributed by atoms with van der Waals surface area (Å²) in [5.41, 5.74) is 6.77. The summed E-state index contributed by atoms with van der Waals surface area (Å²) in [5.74, 6) is 0.930. The number of hydrogen-bond acceptors (Lipinski definition) is 4. The summed E-state index contributed by atoms with van der Waals surface area (Å²) < 4.78 is 11.5. The van der Waals surface area contributed by atoms with Crippen molar-refractivity contribution in [1.82, 2.24) is 4.90 Å². The number of benzene rings is 1. The predicted molar refractivity (Wildman–Crippen MR) is 71.9 cm³/mol. The van der Waals surface area contributed by atoms with Crippen LogP contribution in [0.5, 0.6) is 5.75 Å². The molecule has 0 spiro atoms. The third-order valence-electron chi connectivity index (χ3n) is 3.15. The van der Waals surface area contributed by atoms with Crippen LogP contribution in [0.4, 0.5) is 0 Å². The third-order valence-corrected chi connectivity index (χ3v) is 3.15. The number of para-hydroxylation sites is 1. The van der Waals surface area contributed by atoms with E-state index in [0.717, 1.165) is 31.9 Å². The van der Waals surface area contributed by atoms with Crippen LogP contribution in [0.15, 0.2) is 24.3 Å². The smallest absolute Gasteiger partial charge is 0.122 e. The minimum atomic E-state index is 0.162. The zero-order chi connectivity index (χ0) is 12.8. The Morgan fingerprint density at radius 3 is 3.06 bits per heavy atom. The molecule has 0 saturated carbocycles. The Morgan fingerprint density at radius 2 is 2.28 bits per heavy atom. The number of ether oxygens (including phenoxy) is 2. The fraction of sp³-hybridized carbons (Fsp3) is 0.571. The zero-order valence-corrected chi connectivity index (χ0v) is 11.0. The normalized spacial score (nSPS) is 20.9. The van der Waals surface area contributed by atoms with Gasteiger partial charge in [0, 0.05) is 13.1 Å². The minimum Gasteiger partial charge on any atom is -0.491 e. The number of morpholine rings is 1. The van der Waals surface area contributed by atoms with E-state index in [0.29, 0.717) is 13.2 Å². The molecule has 4 nitrogen and oxygen atoms in total. The van der Waals surface area contributed by atoms with E-state index in [1.165, 1.54) is 5.56 Å². The lowest BCUT2D eigenvalue weighted by Crippen LogP contribution is -2.42. The molecule has 100 valence electrons. The van der Waals surface area contributed by atoms with Crippen LogP contribution in [0, 0.1) is 0 Å². The van der Waals surface area contributed by atoms with E-state index in [9.17, 15) is 0 Å². The lowest BCUT2D eigenvalue weighted by molar-refractivity contribution is -0.0404. The summed E-state index contributed by atoms with van der Waals surface area (Å²) in [6, 6.07) is 8.07. The molecule has 1 aliphatic heterocycles. The van der Waals surface area contributed by atoms with Gasteiger partial charge in [-0.15, -0.1) is 0 Å². The van der Waals surface area contributed by atoms with Crippen molar-refractivity contribution < 1.29 is 9.47 Å². The van der Waals surface area contributed by atoms with Crippen molar-refractivity contribution in [1.29, 1.82) is 0 Å². The van der Waals surface area contributed by atoms with Crippen molar-refractivity contribution in [2.24, 2.45) is 5.73 Å². The molecule has 1 aliphatic rings. The van der Waals surface area contributed by atoms with Gasteiger partial charge in [0.25, 0.3) is 0 Å². The first kappa shape index (κ1) is 13.3. The lowest BCUT2D eigenvalue weighted by Gasteiger charge is -2.30. The predicted octanol–water partition coefficient (Wildman–Crippen LogP) is 0.897. The first-order valence-corrected chi connectivity index (χ1v) is 6.50. The summed E-state index contributed by atoms with van der Waals surface area (Å²) >= 11 is 0. The number of likely N-dealkylation sites (N-methyl/N-ethyl adjacent to an activating group) is 1. The highest BCUT2D eigenvalue weighted by atomic mass is 16.5. The highest BCUT2D eigenvalue weighted by molar-refractivity contribution is 5.33. The maximum atomic E-state index is 5.87. The van der Waals surface area contributed by atoms with Gasteiger partial charge < -0.3 is 20.1 Å². The molecule has 0 bridgehead atoms. The van der Waals surface area contributed by atoms with Gasteiger partial charge >= 0.3 is 0 Å². The molecule has 1 saturated heterocycles. The second-order valence-corrected chi connectivity index (χ2v) is 4.71.